The second-order valence-electron chi connectivity index (χ2n) is 5.67. The van der Waals surface area contributed by atoms with E-state index < -0.39 is 8.07 Å². The van der Waals surface area contributed by atoms with Crippen LogP contribution in [-0.2, 0) is 4.74 Å². The number of rotatable bonds is 7. The maximum absolute atomic E-state index is 5.43. The molecule has 0 amide bonds. The monoisotopic (exact) mass is 285 g/mol. The minimum absolute atomic E-state index is 0.00386. The molecule has 0 spiro atoms. The van der Waals surface area contributed by atoms with Crippen LogP contribution in [0.3, 0.4) is 0 Å². The zero-order valence-electron chi connectivity index (χ0n) is 12.5. The van der Waals surface area contributed by atoms with Crippen LogP contribution in [0.25, 0.3) is 0 Å². The summed E-state index contributed by atoms with van der Waals surface area (Å²) in [6, 6.07) is 10.1. The second kappa shape index (κ2) is 8.52. The highest BCUT2D eigenvalue weighted by molar-refractivity contribution is 6.81. The molecule has 0 heterocycles. The number of nitrogens with zero attached hydrogens (tertiary/aromatic N) is 1. The number of aliphatic imine (C=N–C) groups is 1. The summed E-state index contributed by atoms with van der Waals surface area (Å²) >= 11 is 0. The minimum Gasteiger partial charge on any atom is -0.366 e. The molecule has 0 saturated heterocycles. The molecule has 1 aromatic carbocycles. The summed E-state index contributed by atoms with van der Waals surface area (Å²) in [5.74, 6) is 2.48. The smallest absolute Gasteiger partial charge is 0.107 e. The third-order valence-electron chi connectivity index (χ3n) is 2.59. The van der Waals surface area contributed by atoms with E-state index in [4.69, 9.17) is 11.2 Å². The van der Waals surface area contributed by atoms with Crippen molar-refractivity contribution in [3.05, 3.63) is 47.7 Å². The van der Waals surface area contributed by atoms with Crippen molar-refractivity contribution in [2.45, 2.75) is 25.7 Å². The molecule has 0 fully saturated rings. The van der Waals surface area contributed by atoms with Crippen LogP contribution in [0.4, 0.5) is 0 Å². The minimum atomic E-state index is -1.17. The molecule has 20 heavy (non-hydrogen) atoms. The third-order valence-corrected chi connectivity index (χ3v) is 3.79. The van der Waals surface area contributed by atoms with Crippen LogP contribution < -0.4 is 0 Å². The quantitative estimate of drug-likeness (QED) is 0.322. The molecule has 106 valence electrons. The lowest BCUT2D eigenvalue weighted by Gasteiger charge is -2.12. The van der Waals surface area contributed by atoms with Gasteiger partial charge in [0, 0.05) is 6.21 Å². The van der Waals surface area contributed by atoms with Gasteiger partial charge in [-0.25, -0.2) is 0 Å². The van der Waals surface area contributed by atoms with Crippen molar-refractivity contribution >= 4 is 14.3 Å². The molecule has 0 unspecified atom stereocenters. The molecule has 1 atom stereocenters. The predicted molar refractivity (Wildman–Crippen MR) is 89.8 cm³/mol. The van der Waals surface area contributed by atoms with Gasteiger partial charge >= 0.3 is 0 Å². The molecule has 0 aliphatic rings. The van der Waals surface area contributed by atoms with E-state index in [0.717, 1.165) is 5.56 Å². The molecule has 0 bridgehead atoms. The molecule has 0 N–H and O–H groups in total. The molecule has 0 radical (unpaired) electrons. The summed E-state index contributed by atoms with van der Waals surface area (Å²) in [7, 11) is -1.17. The fourth-order valence-corrected chi connectivity index (χ4v) is 2.28. The van der Waals surface area contributed by atoms with E-state index in [0.29, 0.717) is 13.2 Å². The van der Waals surface area contributed by atoms with E-state index in [2.05, 4.69) is 48.4 Å². The van der Waals surface area contributed by atoms with Gasteiger partial charge in [0.15, 0.2) is 0 Å². The van der Waals surface area contributed by atoms with Crippen molar-refractivity contribution in [1.29, 1.82) is 0 Å². The number of hydrogen-bond donors (Lipinski definition) is 0. The Labute approximate surface area is 123 Å². The lowest BCUT2D eigenvalue weighted by molar-refractivity contribution is 0.152. The molecule has 1 rings (SSSR count). The number of hydrogen-bond acceptors (Lipinski definition) is 2. The van der Waals surface area contributed by atoms with Gasteiger partial charge in [-0.05, 0) is 5.56 Å². The molecule has 0 aliphatic carbocycles. The number of benzene rings is 1. The van der Waals surface area contributed by atoms with E-state index in [1.807, 2.05) is 30.5 Å². The summed E-state index contributed by atoms with van der Waals surface area (Å²) < 4.78 is 5.43. The molecular weight excluding hydrogens is 262 g/mol. The first kappa shape index (κ1) is 16.4. The van der Waals surface area contributed by atoms with Crippen molar-refractivity contribution in [3.63, 3.8) is 0 Å². The summed E-state index contributed by atoms with van der Waals surface area (Å²) in [4.78, 5) is 4.59. The van der Waals surface area contributed by atoms with Crippen molar-refractivity contribution in [3.8, 4) is 12.3 Å². The largest absolute Gasteiger partial charge is 0.366 e. The van der Waals surface area contributed by atoms with Crippen LogP contribution in [0.5, 0.6) is 0 Å². The van der Waals surface area contributed by atoms with Crippen LogP contribution in [0.1, 0.15) is 11.6 Å². The van der Waals surface area contributed by atoms with Crippen molar-refractivity contribution in [2.75, 3.05) is 13.2 Å². The highest BCUT2D eigenvalue weighted by Gasteiger charge is 2.09. The maximum Gasteiger partial charge on any atom is 0.107 e. The van der Waals surface area contributed by atoms with Gasteiger partial charge in [-0.15, -0.1) is 6.42 Å². The van der Waals surface area contributed by atoms with E-state index in [9.17, 15) is 0 Å². The lowest BCUT2D eigenvalue weighted by atomic mass is 10.1. The molecular formula is C17H23NOSi. The Bertz CT molecular complexity index is 480. The summed E-state index contributed by atoms with van der Waals surface area (Å²) in [5.41, 5.74) is 3.41. The predicted octanol–water partition coefficient (Wildman–Crippen LogP) is 3.88. The van der Waals surface area contributed by atoms with Crippen LogP contribution in [0.15, 0.2) is 47.1 Å². The Morgan fingerprint density at radius 3 is 2.60 bits per heavy atom. The van der Waals surface area contributed by atoms with Gasteiger partial charge in [0.05, 0.1) is 20.7 Å². The number of terminal acetylenes is 1. The van der Waals surface area contributed by atoms with Gasteiger partial charge in [0.1, 0.15) is 6.61 Å². The molecule has 1 aromatic rings. The Hall–Kier alpha value is -1.63. The van der Waals surface area contributed by atoms with E-state index >= 15 is 0 Å². The zero-order valence-corrected chi connectivity index (χ0v) is 13.5. The van der Waals surface area contributed by atoms with Gasteiger partial charge in [-0.3, -0.25) is 4.99 Å². The summed E-state index contributed by atoms with van der Waals surface area (Å²) in [6.07, 6.45) is 9.12. The standard InChI is InChI=1S/C17H23NOSi/c1-5-13-19-15-17(16-10-7-6-8-11-16)18-12-9-14-20(2,3)4/h1,6-12,14,17H,13,15H2,2-4H3/b14-9+,18-12?/t17-/m0/s1. The van der Waals surface area contributed by atoms with Gasteiger partial charge in [-0.2, -0.15) is 0 Å². The first-order valence-corrected chi connectivity index (χ1v) is 10.4. The molecule has 0 saturated carbocycles. The van der Waals surface area contributed by atoms with Crippen LogP contribution in [0, 0.1) is 12.3 Å². The fourth-order valence-electron chi connectivity index (χ4n) is 1.62. The average molecular weight is 285 g/mol. The van der Waals surface area contributed by atoms with Gasteiger partial charge in [0.2, 0.25) is 0 Å². The normalized spacial score (nSPS) is 13.7. The zero-order chi connectivity index (χ0) is 14.8. The van der Waals surface area contributed by atoms with E-state index in [1.165, 1.54) is 0 Å². The third kappa shape index (κ3) is 7.08. The highest BCUT2D eigenvalue weighted by Crippen LogP contribution is 2.17. The number of allylic oxidation sites excluding steroid dienone is 1. The Kier molecular flexibility index (Phi) is 7.00. The second-order valence-corrected chi connectivity index (χ2v) is 10.7. The Morgan fingerprint density at radius 2 is 2.00 bits per heavy atom. The average Bonchev–Trinajstić information content (AvgIpc) is 2.41. The molecule has 0 aliphatic heterocycles. The molecule has 0 aromatic heterocycles. The number of ether oxygens (including phenoxy) is 1. The first-order valence-electron chi connectivity index (χ1n) is 6.80. The van der Waals surface area contributed by atoms with Crippen molar-refractivity contribution in [2.24, 2.45) is 4.99 Å². The molecule has 2 nitrogen and oxygen atoms in total. The Morgan fingerprint density at radius 1 is 1.30 bits per heavy atom. The van der Waals surface area contributed by atoms with E-state index in [1.54, 1.807) is 0 Å². The van der Waals surface area contributed by atoms with Gasteiger partial charge < -0.3 is 4.74 Å². The van der Waals surface area contributed by atoms with Crippen molar-refractivity contribution in [1.82, 2.24) is 0 Å². The van der Waals surface area contributed by atoms with Gasteiger partial charge in [-0.1, -0.05) is 67.7 Å². The highest BCUT2D eigenvalue weighted by atomic mass is 28.3. The summed E-state index contributed by atoms with van der Waals surface area (Å²) in [6.45, 7) is 7.71. The van der Waals surface area contributed by atoms with Crippen LogP contribution in [0.2, 0.25) is 19.6 Å². The van der Waals surface area contributed by atoms with Crippen molar-refractivity contribution < 1.29 is 4.74 Å². The Balaban J connectivity index is 2.71. The topological polar surface area (TPSA) is 21.6 Å². The van der Waals surface area contributed by atoms with Gasteiger partial charge in [0.25, 0.3) is 0 Å². The van der Waals surface area contributed by atoms with Crippen LogP contribution in [-0.4, -0.2) is 27.5 Å². The summed E-state index contributed by atoms with van der Waals surface area (Å²) in [5, 5.41) is 0. The lowest BCUT2D eigenvalue weighted by Crippen LogP contribution is -2.15. The van der Waals surface area contributed by atoms with Crippen LogP contribution >= 0.6 is 0 Å². The maximum atomic E-state index is 5.43. The fraction of sp³-hybridized carbons (Fsp3) is 0.353. The SMILES string of the molecule is C#CCOC[C@H](N=C/C=C/[Si](C)(C)C)c1ccccc1. The molecule has 3 heteroatoms. The first-order chi connectivity index (χ1) is 9.53. The van der Waals surface area contributed by atoms with E-state index in [-0.39, 0.29) is 6.04 Å².